The minimum atomic E-state index is -2.03. The van der Waals surface area contributed by atoms with Gasteiger partial charge < -0.3 is 14.6 Å². The Morgan fingerprint density at radius 1 is 1.33 bits per heavy atom. The van der Waals surface area contributed by atoms with Crippen LogP contribution in [0.5, 0.6) is 0 Å². The first-order valence-electron chi connectivity index (χ1n) is 6.56. The summed E-state index contributed by atoms with van der Waals surface area (Å²) in [6, 6.07) is 9.22. The summed E-state index contributed by atoms with van der Waals surface area (Å²) < 4.78 is 10.1. The van der Waals surface area contributed by atoms with E-state index in [0.29, 0.717) is 5.75 Å². The van der Waals surface area contributed by atoms with Gasteiger partial charge in [-0.2, -0.15) is 0 Å². The summed E-state index contributed by atoms with van der Waals surface area (Å²) in [5.41, 5.74) is -1.18. The maximum Gasteiger partial charge on any atom is 0.340 e. The second kappa shape index (κ2) is 8.17. The van der Waals surface area contributed by atoms with Crippen molar-refractivity contribution in [2.24, 2.45) is 0 Å². The first-order valence-corrected chi connectivity index (χ1v) is 7.55. The topological polar surface area (TPSA) is 72.8 Å². The van der Waals surface area contributed by atoms with Crippen LogP contribution in [-0.4, -0.2) is 40.8 Å². The Hall–Kier alpha value is -1.37. The normalized spacial score (nSPS) is 15.0. The van der Waals surface area contributed by atoms with E-state index in [1.807, 2.05) is 37.3 Å². The van der Waals surface area contributed by atoms with Crippen LogP contribution >= 0.6 is 11.8 Å². The molecule has 1 aromatic carbocycles. The molecule has 0 saturated heterocycles. The summed E-state index contributed by atoms with van der Waals surface area (Å²) in [5, 5.41) is 9.88. The van der Waals surface area contributed by atoms with Crippen molar-refractivity contribution in [2.75, 3.05) is 12.9 Å². The van der Waals surface area contributed by atoms with Crippen molar-refractivity contribution < 1.29 is 24.2 Å². The van der Waals surface area contributed by atoms with Crippen LogP contribution in [0.4, 0.5) is 0 Å². The lowest BCUT2D eigenvalue weighted by Crippen LogP contribution is -2.52. The third kappa shape index (κ3) is 4.84. The van der Waals surface area contributed by atoms with Crippen molar-refractivity contribution in [3.05, 3.63) is 35.9 Å². The van der Waals surface area contributed by atoms with Gasteiger partial charge in [0.15, 0.2) is 11.7 Å². The highest BCUT2D eigenvalue weighted by atomic mass is 32.2. The number of methoxy groups -OCH3 is 1. The molecule has 0 saturated carbocycles. The van der Waals surface area contributed by atoms with Gasteiger partial charge in [0, 0.05) is 0 Å². The van der Waals surface area contributed by atoms with E-state index in [-0.39, 0.29) is 6.61 Å². The molecule has 0 heterocycles. The predicted octanol–water partition coefficient (Wildman–Crippen LogP) is 1.78. The molecule has 6 heteroatoms. The maximum absolute atomic E-state index is 12.1. The van der Waals surface area contributed by atoms with Gasteiger partial charge in [0.05, 0.1) is 13.7 Å². The van der Waals surface area contributed by atoms with Crippen molar-refractivity contribution in [1.82, 2.24) is 0 Å². The summed E-state index contributed by atoms with van der Waals surface area (Å²) in [6.07, 6.45) is -1.28. The molecule has 0 bridgehead atoms. The van der Waals surface area contributed by atoms with Crippen molar-refractivity contribution in [1.29, 1.82) is 0 Å². The molecule has 1 rings (SSSR count). The Morgan fingerprint density at radius 3 is 2.48 bits per heavy atom. The molecule has 116 valence electrons. The first-order chi connectivity index (χ1) is 9.93. The number of ether oxygens (including phenoxy) is 2. The second-order valence-electron chi connectivity index (χ2n) is 4.57. The fourth-order valence-corrected chi connectivity index (χ4v) is 2.48. The van der Waals surface area contributed by atoms with Crippen molar-refractivity contribution in [2.45, 2.75) is 32.2 Å². The Morgan fingerprint density at radius 2 is 1.95 bits per heavy atom. The Kier molecular flexibility index (Phi) is 6.87. The number of rotatable bonds is 7. The molecule has 0 fully saturated rings. The number of carbonyl (C=O) groups excluding carboxylic acids is 2. The third-order valence-electron chi connectivity index (χ3n) is 2.87. The number of carbonyl (C=O) groups is 2. The zero-order valence-electron chi connectivity index (χ0n) is 12.4. The quantitative estimate of drug-likeness (QED) is 0.774. The van der Waals surface area contributed by atoms with Crippen LogP contribution in [0.25, 0.3) is 0 Å². The van der Waals surface area contributed by atoms with Crippen LogP contribution in [-0.2, 0) is 25.7 Å². The second-order valence-corrected chi connectivity index (χ2v) is 5.84. The van der Waals surface area contributed by atoms with Gasteiger partial charge >= 0.3 is 5.97 Å². The Balaban J connectivity index is 2.87. The number of thioether (sulfide) groups is 1. The molecule has 0 unspecified atom stereocenters. The molecular formula is C15H20O5S. The van der Waals surface area contributed by atoms with Crippen LogP contribution in [0.15, 0.2) is 30.3 Å². The molecule has 1 N–H and O–H groups in total. The van der Waals surface area contributed by atoms with E-state index in [2.05, 4.69) is 4.74 Å². The van der Waals surface area contributed by atoms with Crippen LogP contribution in [0.2, 0.25) is 0 Å². The molecule has 0 aliphatic rings. The average molecular weight is 312 g/mol. The van der Waals surface area contributed by atoms with Gasteiger partial charge in [0.25, 0.3) is 0 Å². The molecular weight excluding hydrogens is 292 g/mol. The van der Waals surface area contributed by atoms with E-state index < -0.39 is 22.8 Å². The molecule has 5 nitrogen and oxygen atoms in total. The summed E-state index contributed by atoms with van der Waals surface area (Å²) in [4.78, 5) is 23.8. The monoisotopic (exact) mass is 312 g/mol. The molecule has 2 atom stereocenters. The fourth-order valence-electron chi connectivity index (χ4n) is 1.75. The highest BCUT2D eigenvalue weighted by Crippen LogP contribution is 2.22. The van der Waals surface area contributed by atoms with Crippen molar-refractivity contribution >= 4 is 22.8 Å². The van der Waals surface area contributed by atoms with Crippen LogP contribution in [0.1, 0.15) is 19.4 Å². The summed E-state index contributed by atoms with van der Waals surface area (Å²) in [6.45, 7) is 3.15. The highest BCUT2D eigenvalue weighted by molar-refractivity contribution is 8.13. The van der Waals surface area contributed by atoms with Crippen LogP contribution in [0, 0.1) is 0 Å². The van der Waals surface area contributed by atoms with Gasteiger partial charge in [-0.1, -0.05) is 49.0 Å². The number of benzene rings is 1. The van der Waals surface area contributed by atoms with Crippen LogP contribution in [0.3, 0.4) is 0 Å². The number of esters is 1. The number of aliphatic hydroxyl groups is 1. The molecule has 0 amide bonds. The zero-order valence-corrected chi connectivity index (χ0v) is 13.2. The van der Waals surface area contributed by atoms with Gasteiger partial charge in [0.1, 0.15) is 0 Å². The van der Waals surface area contributed by atoms with Gasteiger partial charge in [-0.15, -0.1) is 0 Å². The van der Waals surface area contributed by atoms with Crippen molar-refractivity contribution in [3.8, 4) is 0 Å². The Bertz CT molecular complexity index is 472. The lowest BCUT2D eigenvalue weighted by atomic mass is 10.00. The van der Waals surface area contributed by atoms with E-state index in [0.717, 1.165) is 24.4 Å². The largest absolute Gasteiger partial charge is 0.467 e. The molecule has 0 aliphatic heterocycles. The van der Waals surface area contributed by atoms with E-state index in [4.69, 9.17) is 4.74 Å². The van der Waals surface area contributed by atoms with Gasteiger partial charge in [-0.05, 0) is 18.2 Å². The summed E-state index contributed by atoms with van der Waals surface area (Å²) in [5.74, 6) is -0.369. The fraction of sp³-hybridized carbons (Fsp3) is 0.467. The smallest absolute Gasteiger partial charge is 0.340 e. The predicted molar refractivity (Wildman–Crippen MR) is 80.8 cm³/mol. The summed E-state index contributed by atoms with van der Waals surface area (Å²) >= 11 is 0.998. The van der Waals surface area contributed by atoms with E-state index in [9.17, 15) is 14.7 Å². The minimum absolute atomic E-state index is 0.120. The van der Waals surface area contributed by atoms with E-state index in [1.165, 1.54) is 6.92 Å². The minimum Gasteiger partial charge on any atom is -0.467 e. The number of hydrogen-bond acceptors (Lipinski definition) is 6. The SMILES string of the molecule is CCSC(=O)[C@H](OCc1ccccc1)[C@@](C)(O)C(=O)OC. The standard InChI is InChI=1S/C15H20O5S/c1-4-21-13(16)12(15(2,18)14(17)19-3)20-10-11-8-6-5-7-9-11/h5-9,12,18H,4,10H2,1-3H3/t12-,15+/m0/s1. The molecule has 21 heavy (non-hydrogen) atoms. The Labute approximate surface area is 128 Å². The highest BCUT2D eigenvalue weighted by Gasteiger charge is 2.45. The molecule has 0 aromatic heterocycles. The lowest BCUT2D eigenvalue weighted by Gasteiger charge is -2.28. The average Bonchev–Trinajstić information content (AvgIpc) is 2.47. The molecule has 0 radical (unpaired) electrons. The van der Waals surface area contributed by atoms with Crippen LogP contribution < -0.4 is 0 Å². The first kappa shape index (κ1) is 17.7. The van der Waals surface area contributed by atoms with Gasteiger partial charge in [-0.3, -0.25) is 4.79 Å². The van der Waals surface area contributed by atoms with E-state index in [1.54, 1.807) is 0 Å². The number of hydrogen-bond donors (Lipinski definition) is 1. The third-order valence-corrected chi connectivity index (χ3v) is 3.66. The van der Waals surface area contributed by atoms with Crippen molar-refractivity contribution in [3.63, 3.8) is 0 Å². The van der Waals surface area contributed by atoms with E-state index >= 15 is 0 Å². The zero-order chi connectivity index (χ0) is 15.9. The molecule has 0 aliphatic carbocycles. The molecule has 0 spiro atoms. The lowest BCUT2D eigenvalue weighted by molar-refractivity contribution is -0.179. The van der Waals surface area contributed by atoms with Gasteiger partial charge in [-0.25, -0.2) is 4.79 Å². The summed E-state index contributed by atoms with van der Waals surface area (Å²) in [7, 11) is 1.16. The van der Waals surface area contributed by atoms with Gasteiger partial charge in [0.2, 0.25) is 5.12 Å². The molecule has 1 aromatic rings. The maximum atomic E-state index is 12.1.